The predicted molar refractivity (Wildman–Crippen MR) is 119 cm³/mol. The molecule has 4 nitrogen and oxygen atoms in total. The second kappa shape index (κ2) is 10.8. The van der Waals surface area contributed by atoms with Crippen LogP contribution in [-0.2, 0) is 33.0 Å². The summed E-state index contributed by atoms with van der Waals surface area (Å²) in [6.45, 7) is 3.46. The van der Waals surface area contributed by atoms with Gasteiger partial charge in [0.25, 0.3) is 0 Å². The van der Waals surface area contributed by atoms with Gasteiger partial charge in [-0.1, -0.05) is 72.8 Å². The lowest BCUT2D eigenvalue weighted by Gasteiger charge is -2.36. The molecule has 0 aliphatic heterocycles. The summed E-state index contributed by atoms with van der Waals surface area (Å²) in [6.07, 6.45) is 0. The quantitative estimate of drug-likeness (QED) is 0.435. The van der Waals surface area contributed by atoms with E-state index in [0.717, 1.165) is 11.1 Å². The Morgan fingerprint density at radius 2 is 1.39 bits per heavy atom. The first-order valence-electron chi connectivity index (χ1n) is 10.4. The Labute approximate surface area is 183 Å². The van der Waals surface area contributed by atoms with E-state index >= 15 is 0 Å². The van der Waals surface area contributed by atoms with Crippen LogP contribution in [0.25, 0.3) is 0 Å². The van der Waals surface area contributed by atoms with Gasteiger partial charge in [0.15, 0.2) is 0 Å². The number of benzene rings is 3. The molecule has 31 heavy (non-hydrogen) atoms. The summed E-state index contributed by atoms with van der Waals surface area (Å²) in [5.41, 5.74) is 1.41. The molecule has 0 spiro atoms. The molecule has 0 saturated heterocycles. The van der Waals surface area contributed by atoms with Crippen LogP contribution in [0.5, 0.6) is 0 Å². The summed E-state index contributed by atoms with van der Waals surface area (Å²) in [5, 5.41) is 0. The third-order valence-corrected chi connectivity index (χ3v) is 5.21. The van der Waals surface area contributed by atoms with E-state index < -0.39 is 11.6 Å². The molecule has 0 N–H and O–H groups in total. The summed E-state index contributed by atoms with van der Waals surface area (Å²) in [4.78, 5) is 15.3. The molecule has 5 heteroatoms. The molecule has 0 aromatic heterocycles. The highest BCUT2D eigenvalue weighted by Gasteiger charge is 2.44. The van der Waals surface area contributed by atoms with Crippen LogP contribution in [0.4, 0.5) is 4.39 Å². The number of carbonyl (C=O) groups excluding carboxylic acids is 1. The highest BCUT2D eigenvalue weighted by Crippen LogP contribution is 2.30. The Bertz CT molecular complexity index is 906. The minimum atomic E-state index is -1.38. The maximum absolute atomic E-state index is 13.6. The van der Waals surface area contributed by atoms with Crippen LogP contribution in [0.2, 0.25) is 0 Å². The standard InChI is InChI=1S/C26H28FNO3/c1-3-31-25(29)26(30-2,23-14-16-24(27)17-15-23)20-28(18-21-10-6-4-7-11-21)19-22-12-8-5-9-13-22/h4-17H,3,18-20H2,1-2H3/t26-/m0/s1. The monoisotopic (exact) mass is 421 g/mol. The van der Waals surface area contributed by atoms with Crippen molar-refractivity contribution in [3.05, 3.63) is 107 Å². The predicted octanol–water partition coefficient (Wildman–Crippen LogP) is 4.93. The summed E-state index contributed by atoms with van der Waals surface area (Å²) >= 11 is 0. The number of hydrogen-bond donors (Lipinski definition) is 0. The molecular weight excluding hydrogens is 393 g/mol. The summed E-state index contributed by atoms with van der Waals surface area (Å²) in [6, 6.07) is 25.9. The van der Waals surface area contributed by atoms with Gasteiger partial charge < -0.3 is 9.47 Å². The van der Waals surface area contributed by atoms with E-state index in [1.807, 2.05) is 36.4 Å². The maximum atomic E-state index is 13.6. The smallest absolute Gasteiger partial charge is 0.344 e. The molecule has 0 bridgehead atoms. The van der Waals surface area contributed by atoms with Crippen molar-refractivity contribution < 1.29 is 18.7 Å². The van der Waals surface area contributed by atoms with Gasteiger partial charge in [-0.05, 0) is 35.7 Å². The van der Waals surface area contributed by atoms with Crippen molar-refractivity contribution in [2.24, 2.45) is 0 Å². The molecule has 0 fully saturated rings. The lowest BCUT2D eigenvalue weighted by Crippen LogP contribution is -2.48. The molecule has 0 saturated carbocycles. The van der Waals surface area contributed by atoms with Crippen LogP contribution in [0.3, 0.4) is 0 Å². The van der Waals surface area contributed by atoms with Crippen LogP contribution in [0.15, 0.2) is 84.9 Å². The number of esters is 1. The second-order valence-corrected chi connectivity index (χ2v) is 7.37. The zero-order valence-electron chi connectivity index (χ0n) is 18.0. The van der Waals surface area contributed by atoms with Crippen LogP contribution in [0, 0.1) is 5.82 Å². The molecule has 0 aliphatic rings. The average Bonchev–Trinajstić information content (AvgIpc) is 2.79. The van der Waals surface area contributed by atoms with Gasteiger partial charge in [-0.2, -0.15) is 0 Å². The van der Waals surface area contributed by atoms with Crippen molar-refractivity contribution >= 4 is 5.97 Å². The molecule has 0 aliphatic carbocycles. The number of carbonyl (C=O) groups is 1. The van der Waals surface area contributed by atoms with Gasteiger partial charge in [-0.15, -0.1) is 0 Å². The molecule has 3 aromatic carbocycles. The Kier molecular flexibility index (Phi) is 7.93. The maximum Gasteiger partial charge on any atom is 0.344 e. The Morgan fingerprint density at radius 1 is 0.871 bits per heavy atom. The van der Waals surface area contributed by atoms with Crippen molar-refractivity contribution in [1.82, 2.24) is 4.90 Å². The number of hydrogen-bond acceptors (Lipinski definition) is 4. The average molecular weight is 422 g/mol. The van der Waals surface area contributed by atoms with E-state index in [-0.39, 0.29) is 19.0 Å². The van der Waals surface area contributed by atoms with Crippen LogP contribution in [-0.4, -0.2) is 31.1 Å². The largest absolute Gasteiger partial charge is 0.464 e. The Hall–Kier alpha value is -3.02. The third-order valence-electron chi connectivity index (χ3n) is 5.21. The summed E-state index contributed by atoms with van der Waals surface area (Å²) in [5.74, 6) is -0.863. The fourth-order valence-corrected chi connectivity index (χ4v) is 3.67. The van der Waals surface area contributed by atoms with E-state index in [2.05, 4.69) is 29.2 Å². The van der Waals surface area contributed by atoms with Gasteiger partial charge in [0.2, 0.25) is 5.60 Å². The molecule has 0 radical (unpaired) electrons. The molecule has 0 heterocycles. The number of halogens is 1. The van der Waals surface area contributed by atoms with Gasteiger partial charge in [-0.25, -0.2) is 9.18 Å². The van der Waals surface area contributed by atoms with Gasteiger partial charge in [0, 0.05) is 26.7 Å². The van der Waals surface area contributed by atoms with Crippen LogP contribution in [0.1, 0.15) is 23.6 Å². The second-order valence-electron chi connectivity index (χ2n) is 7.37. The first kappa shape index (κ1) is 22.7. The zero-order valence-corrected chi connectivity index (χ0v) is 18.0. The van der Waals surface area contributed by atoms with E-state index in [1.54, 1.807) is 19.1 Å². The third kappa shape index (κ3) is 5.78. The van der Waals surface area contributed by atoms with Crippen molar-refractivity contribution in [2.45, 2.75) is 25.6 Å². The molecule has 3 rings (SSSR count). The van der Waals surface area contributed by atoms with Gasteiger partial charge >= 0.3 is 5.97 Å². The Morgan fingerprint density at radius 3 is 1.84 bits per heavy atom. The van der Waals surface area contributed by atoms with E-state index in [1.165, 1.54) is 19.2 Å². The minimum absolute atomic E-state index is 0.225. The van der Waals surface area contributed by atoms with Crippen molar-refractivity contribution in [2.75, 3.05) is 20.3 Å². The molecule has 0 unspecified atom stereocenters. The van der Waals surface area contributed by atoms with Gasteiger partial charge in [0.05, 0.1) is 6.61 Å². The van der Waals surface area contributed by atoms with E-state index in [9.17, 15) is 9.18 Å². The van der Waals surface area contributed by atoms with E-state index in [4.69, 9.17) is 9.47 Å². The van der Waals surface area contributed by atoms with Crippen molar-refractivity contribution in [1.29, 1.82) is 0 Å². The normalized spacial score (nSPS) is 13.0. The first-order valence-corrected chi connectivity index (χ1v) is 10.4. The molecule has 162 valence electrons. The number of ether oxygens (including phenoxy) is 2. The fraction of sp³-hybridized carbons (Fsp3) is 0.269. The van der Waals surface area contributed by atoms with Gasteiger partial charge in [0.1, 0.15) is 5.82 Å². The number of methoxy groups -OCH3 is 1. The minimum Gasteiger partial charge on any atom is -0.464 e. The van der Waals surface area contributed by atoms with Gasteiger partial charge in [-0.3, -0.25) is 4.90 Å². The fourth-order valence-electron chi connectivity index (χ4n) is 3.67. The highest BCUT2D eigenvalue weighted by molar-refractivity contribution is 5.82. The highest BCUT2D eigenvalue weighted by atomic mass is 19.1. The molecule has 1 atom stereocenters. The van der Waals surface area contributed by atoms with Crippen molar-refractivity contribution in [3.63, 3.8) is 0 Å². The number of nitrogens with zero attached hydrogens (tertiary/aromatic N) is 1. The van der Waals surface area contributed by atoms with E-state index in [0.29, 0.717) is 18.7 Å². The number of rotatable bonds is 10. The first-order chi connectivity index (χ1) is 15.1. The van der Waals surface area contributed by atoms with Crippen LogP contribution >= 0.6 is 0 Å². The molecule has 3 aromatic rings. The summed E-state index contributed by atoms with van der Waals surface area (Å²) in [7, 11) is 1.49. The lowest BCUT2D eigenvalue weighted by atomic mass is 9.92. The zero-order chi connectivity index (χ0) is 22.1. The van der Waals surface area contributed by atoms with Crippen molar-refractivity contribution in [3.8, 4) is 0 Å². The Balaban J connectivity index is 1.99. The topological polar surface area (TPSA) is 38.8 Å². The lowest BCUT2D eigenvalue weighted by molar-refractivity contribution is -0.173. The SMILES string of the molecule is CCOC(=O)[C@@](CN(Cc1ccccc1)Cc1ccccc1)(OC)c1ccc(F)cc1. The molecule has 0 amide bonds. The molecular formula is C26H28FNO3. The summed E-state index contributed by atoms with van der Waals surface area (Å²) < 4.78 is 24.8. The van der Waals surface area contributed by atoms with Crippen LogP contribution < -0.4 is 0 Å².